The number of phenolic OH excluding ortho intramolecular Hbond substituents is 1. The van der Waals surface area contributed by atoms with E-state index < -0.39 is 0 Å². The minimum Gasteiger partial charge on any atom is -0.507 e. The Balaban J connectivity index is 1.47. The van der Waals surface area contributed by atoms with Crippen LogP contribution in [0.1, 0.15) is 48.0 Å². The van der Waals surface area contributed by atoms with E-state index in [0.29, 0.717) is 11.5 Å². The molecule has 2 heterocycles. The van der Waals surface area contributed by atoms with Crippen molar-refractivity contribution in [3.8, 4) is 5.75 Å². The predicted molar refractivity (Wildman–Crippen MR) is 112 cm³/mol. The second kappa shape index (κ2) is 7.96. The Kier molecular flexibility index (Phi) is 5.40. The van der Waals surface area contributed by atoms with E-state index >= 15 is 0 Å². The molecular weight excluding hydrogens is 348 g/mol. The highest BCUT2D eigenvalue weighted by Gasteiger charge is 2.42. The maximum Gasteiger partial charge on any atom is 0.257 e. The van der Waals surface area contributed by atoms with E-state index in [1.54, 1.807) is 18.2 Å². The Morgan fingerprint density at radius 2 is 1.75 bits per heavy atom. The van der Waals surface area contributed by atoms with Crippen LogP contribution in [0.3, 0.4) is 0 Å². The van der Waals surface area contributed by atoms with Crippen LogP contribution in [0.2, 0.25) is 0 Å². The van der Waals surface area contributed by atoms with Crippen molar-refractivity contribution in [1.82, 2.24) is 9.80 Å². The highest BCUT2D eigenvalue weighted by molar-refractivity contribution is 5.96. The number of likely N-dealkylation sites (N-methyl/N-ethyl adjacent to an activating group) is 1. The van der Waals surface area contributed by atoms with Crippen LogP contribution in [0, 0.1) is 5.41 Å². The van der Waals surface area contributed by atoms with E-state index in [1.807, 2.05) is 11.0 Å². The highest BCUT2D eigenvalue weighted by Crippen LogP contribution is 2.45. The first kappa shape index (κ1) is 19.0. The maximum absolute atomic E-state index is 12.9. The summed E-state index contributed by atoms with van der Waals surface area (Å²) < 4.78 is 0. The summed E-state index contributed by atoms with van der Waals surface area (Å²) >= 11 is 0. The summed E-state index contributed by atoms with van der Waals surface area (Å²) in [7, 11) is 0. The predicted octanol–water partition coefficient (Wildman–Crippen LogP) is 4.12. The number of aromatic hydroxyl groups is 1. The molecule has 2 aliphatic heterocycles. The summed E-state index contributed by atoms with van der Waals surface area (Å²) in [5.41, 5.74) is 2.14. The van der Waals surface area contributed by atoms with Gasteiger partial charge in [-0.3, -0.25) is 4.79 Å². The first-order valence-corrected chi connectivity index (χ1v) is 10.4. The monoisotopic (exact) mass is 378 g/mol. The van der Waals surface area contributed by atoms with Crippen molar-refractivity contribution < 1.29 is 9.90 Å². The van der Waals surface area contributed by atoms with Gasteiger partial charge in [0.2, 0.25) is 0 Å². The number of para-hydroxylation sites is 1. The molecule has 2 aliphatic rings. The zero-order valence-corrected chi connectivity index (χ0v) is 16.7. The SMILES string of the molecule is CCN1C[C@@H](c2ccccc2)CC2(CCN(C(=O)c3ccccc3O)CC2)C1. The molecule has 148 valence electrons. The lowest BCUT2D eigenvalue weighted by Crippen LogP contribution is -2.52. The number of carbonyl (C=O) groups excluding carboxylic acids is 1. The number of rotatable bonds is 3. The molecule has 2 aromatic rings. The van der Waals surface area contributed by atoms with Gasteiger partial charge < -0.3 is 14.9 Å². The van der Waals surface area contributed by atoms with Crippen LogP contribution < -0.4 is 0 Å². The molecule has 0 radical (unpaired) electrons. The molecule has 1 amide bonds. The van der Waals surface area contributed by atoms with E-state index in [0.717, 1.165) is 45.6 Å². The van der Waals surface area contributed by atoms with Gasteiger partial charge in [0, 0.05) is 26.2 Å². The third kappa shape index (κ3) is 3.79. The van der Waals surface area contributed by atoms with E-state index in [4.69, 9.17) is 0 Å². The molecule has 1 spiro atoms. The number of likely N-dealkylation sites (tertiary alicyclic amines) is 2. The standard InChI is InChI=1S/C24H30N2O2/c1-2-25-17-20(19-8-4-3-5-9-19)16-24(18-25)12-14-26(15-13-24)23(28)21-10-6-7-11-22(21)27/h3-11,20,27H,2,12-18H2,1H3/t20-/m0/s1. The van der Waals surface area contributed by atoms with Crippen LogP contribution in [0.5, 0.6) is 5.75 Å². The van der Waals surface area contributed by atoms with Crippen molar-refractivity contribution in [1.29, 1.82) is 0 Å². The molecule has 2 saturated heterocycles. The average Bonchev–Trinajstić information content (AvgIpc) is 2.74. The topological polar surface area (TPSA) is 43.8 Å². The second-order valence-corrected chi connectivity index (χ2v) is 8.45. The van der Waals surface area contributed by atoms with E-state index in [9.17, 15) is 9.90 Å². The molecule has 0 aromatic heterocycles. The Morgan fingerprint density at radius 3 is 2.43 bits per heavy atom. The third-order valence-corrected chi connectivity index (χ3v) is 6.68. The van der Waals surface area contributed by atoms with E-state index in [1.165, 1.54) is 12.0 Å². The molecule has 1 N–H and O–H groups in total. The number of piperidine rings is 2. The van der Waals surface area contributed by atoms with Gasteiger partial charge in [-0.2, -0.15) is 0 Å². The van der Waals surface area contributed by atoms with E-state index in [-0.39, 0.29) is 17.1 Å². The van der Waals surface area contributed by atoms with Crippen molar-refractivity contribution in [3.63, 3.8) is 0 Å². The van der Waals surface area contributed by atoms with Crippen LogP contribution in [0.4, 0.5) is 0 Å². The lowest BCUT2D eigenvalue weighted by atomic mass is 9.68. The zero-order valence-electron chi connectivity index (χ0n) is 16.7. The molecule has 2 aromatic carbocycles. The van der Waals surface area contributed by atoms with Crippen molar-refractivity contribution in [2.45, 2.75) is 32.1 Å². The molecule has 4 nitrogen and oxygen atoms in total. The number of amides is 1. The fraction of sp³-hybridized carbons (Fsp3) is 0.458. The van der Waals surface area contributed by atoms with Gasteiger partial charge >= 0.3 is 0 Å². The smallest absolute Gasteiger partial charge is 0.257 e. The molecule has 0 saturated carbocycles. The molecule has 28 heavy (non-hydrogen) atoms. The lowest BCUT2D eigenvalue weighted by Gasteiger charge is -2.50. The molecule has 0 unspecified atom stereocenters. The molecule has 4 rings (SSSR count). The summed E-state index contributed by atoms with van der Waals surface area (Å²) in [5, 5.41) is 10.0. The number of carbonyl (C=O) groups is 1. The van der Waals surface area contributed by atoms with Crippen LogP contribution in [-0.4, -0.2) is 53.5 Å². The number of phenols is 1. The van der Waals surface area contributed by atoms with Gasteiger partial charge in [-0.05, 0) is 54.8 Å². The summed E-state index contributed by atoms with van der Waals surface area (Å²) in [6.45, 7) is 7.12. The van der Waals surface area contributed by atoms with Crippen molar-refractivity contribution >= 4 is 5.91 Å². The zero-order chi connectivity index (χ0) is 19.6. The Morgan fingerprint density at radius 1 is 1.07 bits per heavy atom. The van der Waals surface area contributed by atoms with Crippen molar-refractivity contribution in [2.75, 3.05) is 32.7 Å². The lowest BCUT2D eigenvalue weighted by molar-refractivity contribution is 0.0157. The van der Waals surface area contributed by atoms with Crippen molar-refractivity contribution in [3.05, 3.63) is 65.7 Å². The molecule has 0 aliphatic carbocycles. The first-order chi connectivity index (χ1) is 13.6. The minimum absolute atomic E-state index is 0.0456. The normalized spacial score (nSPS) is 22.3. The number of benzene rings is 2. The fourth-order valence-electron chi connectivity index (χ4n) is 5.06. The third-order valence-electron chi connectivity index (χ3n) is 6.68. The van der Waals surface area contributed by atoms with Crippen LogP contribution in [0.25, 0.3) is 0 Å². The minimum atomic E-state index is -0.0456. The van der Waals surface area contributed by atoms with Gasteiger partial charge in [-0.25, -0.2) is 0 Å². The van der Waals surface area contributed by atoms with Gasteiger partial charge in [0.1, 0.15) is 5.75 Å². The second-order valence-electron chi connectivity index (χ2n) is 8.45. The Bertz CT molecular complexity index is 812. The quantitative estimate of drug-likeness (QED) is 0.874. The number of hydrogen-bond donors (Lipinski definition) is 1. The van der Waals surface area contributed by atoms with Gasteiger partial charge in [-0.15, -0.1) is 0 Å². The fourth-order valence-corrected chi connectivity index (χ4v) is 5.06. The molecule has 4 heteroatoms. The van der Waals surface area contributed by atoms with E-state index in [2.05, 4.69) is 42.2 Å². The molecule has 1 atom stereocenters. The Hall–Kier alpha value is -2.33. The van der Waals surface area contributed by atoms with Gasteiger partial charge in [0.25, 0.3) is 5.91 Å². The summed E-state index contributed by atoms with van der Waals surface area (Å²) in [5.74, 6) is 0.595. The first-order valence-electron chi connectivity index (χ1n) is 10.4. The number of hydrogen-bond acceptors (Lipinski definition) is 3. The highest BCUT2D eigenvalue weighted by atomic mass is 16.3. The van der Waals surface area contributed by atoms with Gasteiger partial charge in [0.05, 0.1) is 5.56 Å². The summed E-state index contributed by atoms with van der Waals surface area (Å²) in [4.78, 5) is 17.4. The molecular formula is C24H30N2O2. The van der Waals surface area contributed by atoms with Gasteiger partial charge in [0.15, 0.2) is 0 Å². The Labute approximate surface area is 167 Å². The summed E-state index contributed by atoms with van der Waals surface area (Å²) in [6.07, 6.45) is 3.27. The van der Waals surface area contributed by atoms with Crippen molar-refractivity contribution in [2.24, 2.45) is 5.41 Å². The number of nitrogens with zero attached hydrogens (tertiary/aromatic N) is 2. The van der Waals surface area contributed by atoms with Crippen LogP contribution in [0.15, 0.2) is 54.6 Å². The molecule has 0 bridgehead atoms. The van der Waals surface area contributed by atoms with Crippen LogP contribution >= 0.6 is 0 Å². The maximum atomic E-state index is 12.9. The molecule has 2 fully saturated rings. The van der Waals surface area contributed by atoms with Crippen LogP contribution in [-0.2, 0) is 0 Å². The van der Waals surface area contributed by atoms with Gasteiger partial charge in [-0.1, -0.05) is 49.4 Å². The summed E-state index contributed by atoms with van der Waals surface area (Å²) in [6, 6.07) is 17.7. The average molecular weight is 379 g/mol. The largest absolute Gasteiger partial charge is 0.507 e.